The number of likely N-dealkylation sites (tertiary alicyclic amines) is 3. The average Bonchev–Trinajstić information content (AvgIpc) is 3.17. The molecule has 24 heavy (non-hydrogen) atoms. The molecule has 3 fully saturated rings. The Morgan fingerprint density at radius 3 is 2.38 bits per heavy atom. The van der Waals surface area contributed by atoms with E-state index >= 15 is 0 Å². The zero-order valence-electron chi connectivity index (χ0n) is 15.5. The maximum atomic E-state index is 11.9. The average molecular weight is 338 g/mol. The second kappa shape index (κ2) is 8.15. The third-order valence-corrected chi connectivity index (χ3v) is 6.35. The summed E-state index contributed by atoms with van der Waals surface area (Å²) in [5.74, 6) is 1.05. The van der Waals surface area contributed by atoms with E-state index in [2.05, 4.69) is 21.6 Å². The first-order valence-corrected chi connectivity index (χ1v) is 9.96. The minimum atomic E-state index is -0.272. The van der Waals surface area contributed by atoms with Crippen molar-refractivity contribution in [3.8, 4) is 0 Å². The van der Waals surface area contributed by atoms with Crippen LogP contribution >= 0.6 is 0 Å². The van der Waals surface area contributed by atoms with Crippen molar-refractivity contribution in [3.05, 3.63) is 0 Å². The van der Waals surface area contributed by atoms with Gasteiger partial charge in [-0.05, 0) is 64.1 Å². The number of hydrogen-bond donors (Lipinski definition) is 1. The summed E-state index contributed by atoms with van der Waals surface area (Å²) in [6.45, 7) is 9.83. The number of aliphatic hydroxyl groups is 1. The Morgan fingerprint density at radius 2 is 1.67 bits per heavy atom. The summed E-state index contributed by atoms with van der Waals surface area (Å²) in [5.41, 5.74) is 0. The number of nitrogens with zero attached hydrogens (tertiary/aromatic N) is 3. The van der Waals surface area contributed by atoms with Crippen molar-refractivity contribution in [1.29, 1.82) is 0 Å². The molecule has 3 heterocycles. The molecule has 0 spiro atoms. The maximum Gasteiger partial charge on any atom is 0.219 e. The van der Waals surface area contributed by atoms with Crippen LogP contribution in [-0.2, 0) is 4.79 Å². The smallest absolute Gasteiger partial charge is 0.219 e. The second-order valence-corrected chi connectivity index (χ2v) is 8.26. The van der Waals surface area contributed by atoms with E-state index in [0.29, 0.717) is 12.1 Å². The third-order valence-electron chi connectivity index (χ3n) is 6.35. The Labute approximate surface area is 147 Å². The van der Waals surface area contributed by atoms with E-state index in [-0.39, 0.29) is 12.0 Å². The van der Waals surface area contributed by atoms with Crippen molar-refractivity contribution in [2.24, 2.45) is 5.92 Å². The van der Waals surface area contributed by atoms with Crippen LogP contribution in [0.1, 0.15) is 52.4 Å². The lowest BCUT2D eigenvalue weighted by Gasteiger charge is -2.37. The van der Waals surface area contributed by atoms with Crippen LogP contribution < -0.4 is 0 Å². The number of aliphatic hydroxyl groups excluding tert-OH is 1. The van der Waals surface area contributed by atoms with Gasteiger partial charge in [0.15, 0.2) is 0 Å². The van der Waals surface area contributed by atoms with Gasteiger partial charge in [0.2, 0.25) is 5.91 Å². The first-order valence-electron chi connectivity index (χ1n) is 9.96. The van der Waals surface area contributed by atoms with Gasteiger partial charge >= 0.3 is 0 Å². The number of hydrogen-bond acceptors (Lipinski definition) is 4. The molecular formula is C19H35N3O2. The van der Waals surface area contributed by atoms with Crippen LogP contribution in [-0.4, -0.2) is 83.2 Å². The van der Waals surface area contributed by atoms with E-state index in [0.717, 1.165) is 58.0 Å². The largest absolute Gasteiger partial charge is 0.390 e. The van der Waals surface area contributed by atoms with Crippen LogP contribution in [0.2, 0.25) is 0 Å². The first-order chi connectivity index (χ1) is 11.5. The summed E-state index contributed by atoms with van der Waals surface area (Å²) < 4.78 is 0. The zero-order valence-corrected chi connectivity index (χ0v) is 15.5. The van der Waals surface area contributed by atoms with Gasteiger partial charge in [-0.25, -0.2) is 0 Å². The first kappa shape index (κ1) is 18.2. The van der Waals surface area contributed by atoms with Crippen molar-refractivity contribution in [2.75, 3.05) is 39.3 Å². The molecule has 0 aromatic rings. The highest BCUT2D eigenvalue weighted by molar-refractivity contribution is 5.74. The Kier molecular flexibility index (Phi) is 6.17. The molecule has 3 atom stereocenters. The molecule has 5 heteroatoms. The molecule has 1 N–H and O–H groups in total. The Balaban J connectivity index is 1.51. The molecule has 0 bridgehead atoms. The number of β-amino-alcohol motifs (C(OH)–C–C–N with tert-alkyl or cyclic N) is 1. The van der Waals surface area contributed by atoms with E-state index in [1.807, 2.05) is 0 Å². The summed E-state index contributed by atoms with van der Waals surface area (Å²) in [6, 6.07) is 0.820. The lowest BCUT2D eigenvalue weighted by molar-refractivity contribution is -0.130. The molecular weight excluding hydrogens is 302 g/mol. The molecule has 138 valence electrons. The van der Waals surface area contributed by atoms with Crippen LogP contribution in [0.15, 0.2) is 0 Å². The maximum absolute atomic E-state index is 11.9. The van der Waals surface area contributed by atoms with Crippen molar-refractivity contribution in [3.63, 3.8) is 0 Å². The van der Waals surface area contributed by atoms with E-state index in [9.17, 15) is 9.90 Å². The molecule has 1 amide bonds. The molecule has 3 aliphatic rings. The molecule has 3 aliphatic heterocycles. The lowest BCUT2D eigenvalue weighted by Crippen LogP contribution is -2.50. The van der Waals surface area contributed by atoms with Crippen molar-refractivity contribution >= 4 is 5.91 Å². The SMILES string of the molecule is CC(=O)N1CCC[C@@H]1[C@@H]1CCCN1C[C@H](O)CN1CCC(C)CC1. The van der Waals surface area contributed by atoms with Gasteiger partial charge in [-0.3, -0.25) is 9.69 Å². The molecule has 0 saturated carbocycles. The number of amides is 1. The van der Waals surface area contributed by atoms with E-state index < -0.39 is 0 Å². The summed E-state index contributed by atoms with van der Waals surface area (Å²) in [7, 11) is 0. The number of rotatable bonds is 5. The van der Waals surface area contributed by atoms with Gasteiger partial charge in [0.25, 0.3) is 0 Å². The standard InChI is InChI=1S/C19H35N3O2/c1-15-7-11-20(12-8-15)13-17(24)14-21-9-3-5-18(21)19-6-4-10-22(19)16(2)23/h15,17-19,24H,3-14H2,1-2H3/t17-,18+,19-/m1/s1. The Morgan fingerprint density at radius 1 is 1.00 bits per heavy atom. The quantitative estimate of drug-likeness (QED) is 0.827. The molecule has 0 aliphatic carbocycles. The summed E-state index contributed by atoms with van der Waals surface area (Å²) in [5, 5.41) is 10.6. The molecule has 5 nitrogen and oxygen atoms in total. The van der Waals surface area contributed by atoms with Gasteiger partial charge in [-0.1, -0.05) is 6.92 Å². The van der Waals surface area contributed by atoms with Gasteiger partial charge in [0, 0.05) is 38.6 Å². The number of carbonyl (C=O) groups is 1. The highest BCUT2D eigenvalue weighted by Crippen LogP contribution is 2.30. The van der Waals surface area contributed by atoms with Crippen molar-refractivity contribution < 1.29 is 9.90 Å². The number of piperidine rings is 1. The van der Waals surface area contributed by atoms with Crippen LogP contribution in [0.3, 0.4) is 0 Å². The minimum absolute atomic E-state index is 0.215. The highest BCUT2D eigenvalue weighted by Gasteiger charge is 2.39. The number of carbonyl (C=O) groups excluding carboxylic acids is 1. The molecule has 0 radical (unpaired) electrons. The topological polar surface area (TPSA) is 47.0 Å². The fourth-order valence-corrected chi connectivity index (χ4v) is 4.97. The third kappa shape index (κ3) is 4.30. The summed E-state index contributed by atoms with van der Waals surface area (Å²) in [6.07, 6.45) is 6.86. The van der Waals surface area contributed by atoms with Crippen LogP contribution in [0.4, 0.5) is 0 Å². The minimum Gasteiger partial charge on any atom is -0.390 e. The van der Waals surface area contributed by atoms with Gasteiger partial charge < -0.3 is 14.9 Å². The lowest BCUT2D eigenvalue weighted by atomic mass is 9.99. The van der Waals surface area contributed by atoms with Gasteiger partial charge in [-0.15, -0.1) is 0 Å². The Bertz CT molecular complexity index is 423. The Hall–Kier alpha value is -0.650. The molecule has 3 saturated heterocycles. The van der Waals surface area contributed by atoms with E-state index in [1.165, 1.54) is 25.7 Å². The fourth-order valence-electron chi connectivity index (χ4n) is 4.97. The van der Waals surface area contributed by atoms with E-state index in [1.54, 1.807) is 6.92 Å². The van der Waals surface area contributed by atoms with Gasteiger partial charge in [-0.2, -0.15) is 0 Å². The summed E-state index contributed by atoms with van der Waals surface area (Å²) >= 11 is 0. The predicted octanol–water partition coefficient (Wildman–Crippen LogP) is 1.55. The van der Waals surface area contributed by atoms with Crippen molar-refractivity contribution in [1.82, 2.24) is 14.7 Å². The van der Waals surface area contributed by atoms with Crippen LogP contribution in [0, 0.1) is 5.92 Å². The van der Waals surface area contributed by atoms with Crippen LogP contribution in [0.5, 0.6) is 0 Å². The van der Waals surface area contributed by atoms with Gasteiger partial charge in [0.1, 0.15) is 0 Å². The second-order valence-electron chi connectivity index (χ2n) is 8.26. The van der Waals surface area contributed by atoms with Gasteiger partial charge in [0.05, 0.1) is 6.10 Å². The molecule has 0 aromatic carbocycles. The van der Waals surface area contributed by atoms with Crippen molar-refractivity contribution in [2.45, 2.75) is 70.6 Å². The predicted molar refractivity (Wildman–Crippen MR) is 95.8 cm³/mol. The normalized spacial score (nSPS) is 31.7. The zero-order chi connectivity index (χ0) is 17.1. The molecule has 0 aromatic heterocycles. The highest BCUT2D eigenvalue weighted by atomic mass is 16.3. The molecule has 3 rings (SSSR count). The van der Waals surface area contributed by atoms with E-state index in [4.69, 9.17) is 0 Å². The monoisotopic (exact) mass is 337 g/mol. The van der Waals surface area contributed by atoms with Crippen LogP contribution in [0.25, 0.3) is 0 Å². The summed E-state index contributed by atoms with van der Waals surface area (Å²) in [4.78, 5) is 18.8. The fraction of sp³-hybridized carbons (Fsp3) is 0.947. The molecule has 0 unspecified atom stereocenters.